The number of nitrogens with one attached hydrogen (secondary N) is 1. The number of aromatic nitrogens is 4. The maximum Gasteiger partial charge on any atom is 0.295 e. The van der Waals surface area contributed by atoms with Gasteiger partial charge in [-0.15, -0.1) is 5.10 Å². The number of hydrogen-bond acceptors (Lipinski definition) is 6. The van der Waals surface area contributed by atoms with Gasteiger partial charge in [-0.3, -0.25) is 4.79 Å². The molecule has 0 bridgehead atoms. The Morgan fingerprint density at radius 3 is 2.34 bits per heavy atom. The molecule has 0 saturated carbocycles. The monoisotopic (exact) mass is 464 g/mol. The average Bonchev–Trinajstić information content (AvgIpc) is 2.98. The molecule has 4 rings (SSSR count). The van der Waals surface area contributed by atoms with Crippen molar-refractivity contribution in [2.24, 2.45) is 0 Å². The summed E-state index contributed by atoms with van der Waals surface area (Å²) in [4.78, 5) is 20.6. The van der Waals surface area contributed by atoms with Gasteiger partial charge in [-0.1, -0.05) is 12.8 Å². The number of fused-ring (bicyclic) bond motifs is 1. The van der Waals surface area contributed by atoms with E-state index in [-0.39, 0.29) is 16.5 Å². The first-order valence-electron chi connectivity index (χ1n) is 10.2. The number of sulfonamides is 1. The van der Waals surface area contributed by atoms with Crippen LogP contribution in [-0.2, 0) is 10.0 Å². The minimum absolute atomic E-state index is 0.107. The molecule has 0 unspecified atom stereocenters. The second kappa shape index (κ2) is 8.87. The largest absolute Gasteiger partial charge is 0.319 e. The van der Waals surface area contributed by atoms with E-state index < -0.39 is 28.0 Å². The fourth-order valence-corrected chi connectivity index (χ4v) is 5.11. The molecule has 0 spiro atoms. The number of aryl methyl sites for hydroxylation is 1. The number of halogens is 2. The quantitative estimate of drug-likeness (QED) is 0.621. The highest BCUT2D eigenvalue weighted by molar-refractivity contribution is 7.89. The standard InChI is InChI=1S/C20H22F2N6O3S/c1-13-12-16(17(21)22)28-20(23-13)25-18(26-28)19(29)24-14-6-8-15(9-7-14)32(30,31)27-10-4-2-3-5-11-27/h6-9,12,17H,2-5,10-11H2,1H3,(H,24,29). The Kier molecular flexibility index (Phi) is 6.15. The highest BCUT2D eigenvalue weighted by Gasteiger charge is 2.25. The van der Waals surface area contributed by atoms with Crippen LogP contribution in [0.1, 0.15) is 54.1 Å². The van der Waals surface area contributed by atoms with Gasteiger partial charge >= 0.3 is 0 Å². The predicted octanol–water partition coefficient (Wildman–Crippen LogP) is 3.19. The molecule has 0 atom stereocenters. The fourth-order valence-electron chi connectivity index (χ4n) is 3.59. The number of anilines is 1. The number of hydrogen-bond donors (Lipinski definition) is 1. The molecular formula is C20H22F2N6O3S. The van der Waals surface area contributed by atoms with E-state index in [1.807, 2.05) is 0 Å². The van der Waals surface area contributed by atoms with E-state index in [9.17, 15) is 22.0 Å². The van der Waals surface area contributed by atoms with Gasteiger partial charge in [-0.05, 0) is 50.1 Å². The summed E-state index contributed by atoms with van der Waals surface area (Å²) in [7, 11) is -3.60. The molecule has 12 heteroatoms. The number of alkyl halides is 2. The first kappa shape index (κ1) is 22.2. The molecule has 3 heterocycles. The lowest BCUT2D eigenvalue weighted by Gasteiger charge is -2.20. The fraction of sp³-hybridized carbons (Fsp3) is 0.400. The maximum atomic E-state index is 13.3. The Hall–Kier alpha value is -2.99. The zero-order valence-electron chi connectivity index (χ0n) is 17.3. The van der Waals surface area contributed by atoms with Crippen molar-refractivity contribution in [2.45, 2.75) is 43.9 Å². The Morgan fingerprint density at radius 1 is 1.06 bits per heavy atom. The molecule has 1 N–H and O–H groups in total. The van der Waals surface area contributed by atoms with Crippen molar-refractivity contribution in [3.8, 4) is 0 Å². The number of benzene rings is 1. The summed E-state index contributed by atoms with van der Waals surface area (Å²) >= 11 is 0. The van der Waals surface area contributed by atoms with Crippen molar-refractivity contribution in [3.05, 3.63) is 47.5 Å². The van der Waals surface area contributed by atoms with Crippen LogP contribution in [0.15, 0.2) is 35.2 Å². The highest BCUT2D eigenvalue weighted by atomic mass is 32.2. The van der Waals surface area contributed by atoms with Crippen LogP contribution < -0.4 is 5.32 Å². The summed E-state index contributed by atoms with van der Waals surface area (Å²) < 4.78 is 54.6. The minimum atomic E-state index is -3.60. The van der Waals surface area contributed by atoms with Crippen LogP contribution in [0.25, 0.3) is 5.78 Å². The molecule has 32 heavy (non-hydrogen) atoms. The maximum absolute atomic E-state index is 13.3. The van der Waals surface area contributed by atoms with Crippen molar-refractivity contribution < 1.29 is 22.0 Å². The van der Waals surface area contributed by atoms with Crippen LogP contribution in [0.4, 0.5) is 14.5 Å². The summed E-state index contributed by atoms with van der Waals surface area (Å²) in [6, 6.07) is 6.95. The normalized spacial score (nSPS) is 15.8. The number of carbonyl (C=O) groups is 1. The Morgan fingerprint density at radius 2 is 1.72 bits per heavy atom. The van der Waals surface area contributed by atoms with E-state index in [2.05, 4.69) is 20.4 Å². The van der Waals surface area contributed by atoms with E-state index in [0.29, 0.717) is 24.5 Å². The molecule has 0 aliphatic carbocycles. The van der Waals surface area contributed by atoms with Crippen LogP contribution in [0.3, 0.4) is 0 Å². The van der Waals surface area contributed by atoms with Gasteiger partial charge in [0.1, 0.15) is 5.69 Å². The number of carbonyl (C=O) groups excluding carboxylic acids is 1. The zero-order valence-corrected chi connectivity index (χ0v) is 18.1. The Bertz CT molecular complexity index is 1240. The molecule has 9 nitrogen and oxygen atoms in total. The van der Waals surface area contributed by atoms with E-state index in [4.69, 9.17) is 0 Å². The van der Waals surface area contributed by atoms with Crippen LogP contribution >= 0.6 is 0 Å². The van der Waals surface area contributed by atoms with Crippen molar-refractivity contribution in [1.82, 2.24) is 23.9 Å². The third-order valence-corrected chi connectivity index (χ3v) is 7.12. The van der Waals surface area contributed by atoms with Gasteiger partial charge in [0, 0.05) is 24.5 Å². The van der Waals surface area contributed by atoms with E-state index in [1.54, 1.807) is 6.92 Å². The van der Waals surface area contributed by atoms with Crippen LogP contribution in [-0.4, -0.2) is 51.3 Å². The van der Waals surface area contributed by atoms with E-state index in [1.165, 1.54) is 34.6 Å². The Labute approximate surface area is 183 Å². The summed E-state index contributed by atoms with van der Waals surface area (Å²) in [6.45, 7) is 2.53. The highest BCUT2D eigenvalue weighted by Crippen LogP contribution is 2.23. The van der Waals surface area contributed by atoms with Crippen molar-refractivity contribution in [3.63, 3.8) is 0 Å². The SMILES string of the molecule is Cc1cc(C(F)F)n2nc(C(=O)Nc3ccc(S(=O)(=O)N4CCCCCC4)cc3)nc2n1. The van der Waals surface area contributed by atoms with Gasteiger partial charge in [0.25, 0.3) is 18.1 Å². The number of nitrogens with zero attached hydrogens (tertiary/aromatic N) is 5. The molecule has 1 saturated heterocycles. The van der Waals surface area contributed by atoms with Crippen molar-refractivity contribution in [1.29, 1.82) is 0 Å². The average molecular weight is 464 g/mol. The molecule has 1 aromatic carbocycles. The van der Waals surface area contributed by atoms with E-state index >= 15 is 0 Å². The predicted molar refractivity (Wildman–Crippen MR) is 112 cm³/mol. The molecule has 1 amide bonds. The lowest BCUT2D eigenvalue weighted by molar-refractivity contribution is 0.101. The van der Waals surface area contributed by atoms with Gasteiger partial charge < -0.3 is 5.32 Å². The molecule has 1 aliphatic rings. The van der Waals surface area contributed by atoms with Crippen LogP contribution in [0.2, 0.25) is 0 Å². The zero-order chi connectivity index (χ0) is 22.9. The summed E-state index contributed by atoms with van der Waals surface area (Å²) in [5.74, 6) is -1.16. The third kappa shape index (κ3) is 4.46. The second-order valence-electron chi connectivity index (χ2n) is 7.57. The van der Waals surface area contributed by atoms with Gasteiger partial charge in [0.15, 0.2) is 0 Å². The Balaban J connectivity index is 1.52. The number of rotatable bonds is 5. The van der Waals surface area contributed by atoms with Gasteiger partial charge in [0.2, 0.25) is 15.8 Å². The molecule has 2 aromatic heterocycles. The summed E-state index contributed by atoms with van der Waals surface area (Å²) in [5.41, 5.74) is 0.234. The third-order valence-electron chi connectivity index (χ3n) is 5.21. The second-order valence-corrected chi connectivity index (χ2v) is 9.51. The first-order valence-corrected chi connectivity index (χ1v) is 11.6. The molecule has 1 fully saturated rings. The van der Waals surface area contributed by atoms with Gasteiger partial charge in [-0.2, -0.15) is 13.8 Å². The van der Waals surface area contributed by atoms with E-state index in [0.717, 1.165) is 30.2 Å². The molecule has 0 radical (unpaired) electrons. The van der Waals surface area contributed by atoms with Crippen molar-refractivity contribution in [2.75, 3.05) is 18.4 Å². The molecule has 1 aliphatic heterocycles. The number of amides is 1. The van der Waals surface area contributed by atoms with Crippen LogP contribution in [0, 0.1) is 6.92 Å². The van der Waals surface area contributed by atoms with Gasteiger partial charge in [0.05, 0.1) is 4.90 Å². The summed E-state index contributed by atoms with van der Waals surface area (Å²) in [6.07, 6.45) is 0.891. The van der Waals surface area contributed by atoms with Crippen LogP contribution in [0.5, 0.6) is 0 Å². The van der Waals surface area contributed by atoms with Gasteiger partial charge in [-0.25, -0.2) is 22.2 Å². The topological polar surface area (TPSA) is 110 Å². The molecular weight excluding hydrogens is 442 g/mol. The summed E-state index contributed by atoms with van der Waals surface area (Å²) in [5, 5.41) is 6.40. The van der Waals surface area contributed by atoms with Crippen molar-refractivity contribution >= 4 is 27.4 Å². The minimum Gasteiger partial charge on any atom is -0.319 e. The smallest absolute Gasteiger partial charge is 0.295 e. The molecule has 3 aromatic rings. The lowest BCUT2D eigenvalue weighted by Crippen LogP contribution is -2.31. The molecule has 170 valence electrons. The lowest BCUT2D eigenvalue weighted by atomic mass is 10.2. The first-order chi connectivity index (χ1) is 15.3.